The molecule has 0 heterocycles. The van der Waals surface area contributed by atoms with Crippen LogP contribution in [-0.2, 0) is 28.6 Å². The first-order valence-corrected chi connectivity index (χ1v) is 32.1. The second-order valence-corrected chi connectivity index (χ2v) is 21.7. The van der Waals surface area contributed by atoms with Crippen molar-refractivity contribution in [1.29, 1.82) is 0 Å². The highest BCUT2D eigenvalue weighted by molar-refractivity contribution is 5.71. The molecule has 6 nitrogen and oxygen atoms in total. The van der Waals surface area contributed by atoms with Crippen LogP contribution in [0.15, 0.2) is 48.6 Å². The van der Waals surface area contributed by atoms with Gasteiger partial charge in [0.2, 0.25) is 0 Å². The van der Waals surface area contributed by atoms with Gasteiger partial charge in [-0.2, -0.15) is 0 Å². The Morgan fingerprint density at radius 2 is 0.521 bits per heavy atom. The SMILES string of the molecule is CCC/C=C\CCCCCCCC(=O)OCC(COC(=O)CCCCCCCCCCCCCCCCCCCC/C=C\C/C=C\C/C=C\CCCCCCC)OC(=O)CCCCCCCCCCCCCC. The van der Waals surface area contributed by atoms with Gasteiger partial charge in [0.05, 0.1) is 0 Å². The zero-order chi connectivity index (χ0) is 52.9. The third kappa shape index (κ3) is 60.1. The summed E-state index contributed by atoms with van der Waals surface area (Å²) in [5.74, 6) is -0.865. The maximum atomic E-state index is 12.8. The summed E-state index contributed by atoms with van der Waals surface area (Å²) in [6.45, 7) is 6.59. The van der Waals surface area contributed by atoms with Gasteiger partial charge in [-0.25, -0.2) is 0 Å². The van der Waals surface area contributed by atoms with E-state index in [1.807, 2.05) is 0 Å². The third-order valence-corrected chi connectivity index (χ3v) is 14.3. The van der Waals surface area contributed by atoms with Crippen molar-refractivity contribution >= 4 is 17.9 Å². The van der Waals surface area contributed by atoms with E-state index >= 15 is 0 Å². The fourth-order valence-electron chi connectivity index (χ4n) is 9.46. The van der Waals surface area contributed by atoms with E-state index in [9.17, 15) is 14.4 Å². The van der Waals surface area contributed by atoms with Gasteiger partial charge >= 0.3 is 17.9 Å². The summed E-state index contributed by atoms with van der Waals surface area (Å²) in [5.41, 5.74) is 0. The summed E-state index contributed by atoms with van der Waals surface area (Å²) < 4.78 is 16.8. The van der Waals surface area contributed by atoms with Crippen LogP contribution in [0, 0.1) is 0 Å². The summed E-state index contributed by atoms with van der Waals surface area (Å²) in [7, 11) is 0. The summed E-state index contributed by atoms with van der Waals surface area (Å²) in [5, 5.41) is 0. The third-order valence-electron chi connectivity index (χ3n) is 14.3. The standard InChI is InChI=1S/C67H122O6/c1-4-7-10-13-16-19-22-24-25-26-27-28-29-30-31-32-33-34-35-36-37-38-39-40-41-42-43-44-46-48-51-54-57-60-66(69)72-63-64(62-71-65(68)59-56-53-50-47-21-18-15-12-9-6-3)73-67(70)61-58-55-52-49-45-23-20-17-14-11-8-5-2/h12,15,22,24,26-27,29-30,64H,4-11,13-14,16-21,23,25,28,31-63H2,1-3H3/b15-12-,24-22-,27-26-,30-29-. The number of hydrogen-bond acceptors (Lipinski definition) is 6. The highest BCUT2D eigenvalue weighted by Gasteiger charge is 2.19. The van der Waals surface area contributed by atoms with Crippen LogP contribution in [0.4, 0.5) is 0 Å². The van der Waals surface area contributed by atoms with E-state index in [1.54, 1.807) is 0 Å². The first kappa shape index (κ1) is 70.4. The Kier molecular flexibility index (Phi) is 59.7. The number of unbranched alkanes of at least 4 members (excludes halogenated alkanes) is 40. The first-order valence-electron chi connectivity index (χ1n) is 32.1. The lowest BCUT2D eigenvalue weighted by Gasteiger charge is -2.18. The van der Waals surface area contributed by atoms with Gasteiger partial charge in [-0.3, -0.25) is 14.4 Å². The molecular weight excluding hydrogens is 901 g/mol. The minimum atomic E-state index is -0.771. The molecule has 1 atom stereocenters. The molecule has 0 aromatic rings. The number of hydrogen-bond donors (Lipinski definition) is 0. The quantitative estimate of drug-likeness (QED) is 0.0261. The number of esters is 3. The summed E-state index contributed by atoms with van der Waals surface area (Å²) in [6.07, 6.45) is 77.2. The molecule has 0 spiro atoms. The molecule has 0 radical (unpaired) electrons. The van der Waals surface area contributed by atoms with Crippen LogP contribution in [0.5, 0.6) is 0 Å². The van der Waals surface area contributed by atoms with Crippen LogP contribution in [-0.4, -0.2) is 37.2 Å². The first-order chi connectivity index (χ1) is 36.0. The Labute approximate surface area is 454 Å². The number of allylic oxidation sites excluding steroid dienone is 8. The maximum absolute atomic E-state index is 12.8. The Balaban J connectivity index is 4.01. The monoisotopic (exact) mass is 1020 g/mol. The predicted molar refractivity (Wildman–Crippen MR) is 316 cm³/mol. The lowest BCUT2D eigenvalue weighted by molar-refractivity contribution is -0.167. The molecule has 0 rings (SSSR count). The summed E-state index contributed by atoms with van der Waals surface area (Å²) in [6, 6.07) is 0. The molecule has 0 aromatic carbocycles. The highest BCUT2D eigenvalue weighted by Crippen LogP contribution is 2.17. The van der Waals surface area contributed by atoms with Gasteiger partial charge < -0.3 is 14.2 Å². The van der Waals surface area contributed by atoms with Crippen molar-refractivity contribution in [2.75, 3.05) is 13.2 Å². The molecular formula is C67H122O6. The fraction of sp³-hybridized carbons (Fsp3) is 0.836. The van der Waals surface area contributed by atoms with Crippen molar-refractivity contribution < 1.29 is 28.6 Å². The molecule has 6 heteroatoms. The minimum absolute atomic E-state index is 0.0709. The zero-order valence-corrected chi connectivity index (χ0v) is 48.9. The van der Waals surface area contributed by atoms with E-state index in [2.05, 4.69) is 69.4 Å². The van der Waals surface area contributed by atoms with Gasteiger partial charge in [-0.05, 0) is 77.0 Å². The van der Waals surface area contributed by atoms with Gasteiger partial charge in [-0.1, -0.05) is 294 Å². The van der Waals surface area contributed by atoms with Crippen molar-refractivity contribution in [3.8, 4) is 0 Å². The number of rotatable bonds is 59. The van der Waals surface area contributed by atoms with Gasteiger partial charge in [-0.15, -0.1) is 0 Å². The van der Waals surface area contributed by atoms with Crippen molar-refractivity contribution in [1.82, 2.24) is 0 Å². The van der Waals surface area contributed by atoms with E-state index in [1.165, 1.54) is 218 Å². The summed E-state index contributed by atoms with van der Waals surface area (Å²) in [4.78, 5) is 38.1. The Morgan fingerprint density at radius 1 is 0.274 bits per heavy atom. The molecule has 73 heavy (non-hydrogen) atoms. The van der Waals surface area contributed by atoms with Crippen LogP contribution >= 0.6 is 0 Å². The van der Waals surface area contributed by atoms with E-state index in [-0.39, 0.29) is 31.1 Å². The second-order valence-electron chi connectivity index (χ2n) is 21.7. The molecule has 0 aliphatic heterocycles. The number of carbonyl (C=O) groups is 3. The Morgan fingerprint density at radius 3 is 0.836 bits per heavy atom. The largest absolute Gasteiger partial charge is 0.462 e. The maximum Gasteiger partial charge on any atom is 0.306 e. The van der Waals surface area contributed by atoms with Crippen LogP contribution in [0.3, 0.4) is 0 Å². The average Bonchev–Trinajstić information content (AvgIpc) is 3.39. The van der Waals surface area contributed by atoms with Crippen LogP contribution in [0.1, 0.15) is 342 Å². The lowest BCUT2D eigenvalue weighted by atomic mass is 10.0. The van der Waals surface area contributed by atoms with Crippen molar-refractivity contribution in [2.24, 2.45) is 0 Å². The molecule has 0 aliphatic carbocycles. The van der Waals surface area contributed by atoms with Gasteiger partial charge in [0.1, 0.15) is 13.2 Å². The molecule has 0 aliphatic rings. The fourth-order valence-corrected chi connectivity index (χ4v) is 9.46. The average molecular weight is 1020 g/mol. The van der Waals surface area contributed by atoms with Crippen molar-refractivity contribution in [3.05, 3.63) is 48.6 Å². The number of ether oxygens (including phenoxy) is 3. The molecule has 0 bridgehead atoms. The van der Waals surface area contributed by atoms with Gasteiger partial charge in [0.15, 0.2) is 6.10 Å². The molecule has 0 N–H and O–H groups in total. The molecule has 0 aromatic heterocycles. The van der Waals surface area contributed by atoms with E-state index < -0.39 is 6.10 Å². The van der Waals surface area contributed by atoms with Crippen molar-refractivity contribution in [2.45, 2.75) is 348 Å². The van der Waals surface area contributed by atoms with Crippen LogP contribution < -0.4 is 0 Å². The van der Waals surface area contributed by atoms with Crippen LogP contribution in [0.25, 0.3) is 0 Å². The van der Waals surface area contributed by atoms with Gasteiger partial charge in [0, 0.05) is 19.3 Å². The molecule has 0 amide bonds. The van der Waals surface area contributed by atoms with E-state index in [4.69, 9.17) is 14.2 Å². The normalized spacial score (nSPS) is 12.3. The lowest BCUT2D eigenvalue weighted by Crippen LogP contribution is -2.30. The Hall–Kier alpha value is -2.63. The predicted octanol–water partition coefficient (Wildman–Crippen LogP) is 21.8. The van der Waals surface area contributed by atoms with Crippen LogP contribution in [0.2, 0.25) is 0 Å². The zero-order valence-electron chi connectivity index (χ0n) is 48.9. The van der Waals surface area contributed by atoms with Crippen molar-refractivity contribution in [3.63, 3.8) is 0 Å². The molecule has 0 saturated heterocycles. The molecule has 0 fully saturated rings. The highest BCUT2D eigenvalue weighted by atomic mass is 16.6. The Bertz CT molecular complexity index is 1270. The number of carbonyl (C=O) groups excluding carboxylic acids is 3. The smallest absolute Gasteiger partial charge is 0.306 e. The molecule has 0 saturated carbocycles. The van der Waals surface area contributed by atoms with E-state index in [0.29, 0.717) is 19.3 Å². The van der Waals surface area contributed by atoms with E-state index in [0.717, 1.165) is 83.5 Å². The topological polar surface area (TPSA) is 78.9 Å². The second kappa shape index (κ2) is 61.9. The molecule has 426 valence electrons. The minimum Gasteiger partial charge on any atom is -0.462 e. The molecule has 1 unspecified atom stereocenters. The summed E-state index contributed by atoms with van der Waals surface area (Å²) >= 11 is 0. The van der Waals surface area contributed by atoms with Gasteiger partial charge in [0.25, 0.3) is 0 Å².